The Morgan fingerprint density at radius 1 is 1.00 bits per heavy atom. The minimum absolute atomic E-state index is 0.0570. The molecule has 0 aliphatic rings. The molecule has 0 saturated heterocycles. The van der Waals surface area contributed by atoms with E-state index in [2.05, 4.69) is 0 Å². The number of carboxylic acid groups (broad SMARTS) is 1. The fourth-order valence-corrected chi connectivity index (χ4v) is 2.04. The molecular weight excluding hydrogens is 228 g/mol. The molecule has 3 nitrogen and oxygen atoms in total. The highest BCUT2D eigenvalue weighted by atomic mass is 16.4. The number of aromatic carboxylic acids is 1. The van der Waals surface area contributed by atoms with E-state index in [4.69, 9.17) is 5.11 Å². The standard InChI is InChI=1S/C15H14O3/c16-10-9-12-7-4-8-13(14(12)15(17)18)11-5-2-1-3-6-11/h1-8,16H,9-10H2,(H,17,18). The molecule has 3 heteroatoms. The van der Waals surface area contributed by atoms with Gasteiger partial charge in [-0.25, -0.2) is 4.79 Å². The minimum Gasteiger partial charge on any atom is -0.478 e. The van der Waals surface area contributed by atoms with Gasteiger partial charge in [-0.15, -0.1) is 0 Å². The summed E-state index contributed by atoms with van der Waals surface area (Å²) in [4.78, 5) is 11.4. The van der Waals surface area contributed by atoms with Gasteiger partial charge in [0.25, 0.3) is 0 Å². The SMILES string of the molecule is O=C(O)c1c(CCO)cccc1-c1ccccc1. The Labute approximate surface area is 105 Å². The predicted octanol–water partition coefficient (Wildman–Crippen LogP) is 2.59. The van der Waals surface area contributed by atoms with Crippen molar-refractivity contribution in [2.75, 3.05) is 6.61 Å². The van der Waals surface area contributed by atoms with Crippen molar-refractivity contribution in [2.24, 2.45) is 0 Å². The Morgan fingerprint density at radius 3 is 2.33 bits per heavy atom. The number of aliphatic hydroxyl groups is 1. The topological polar surface area (TPSA) is 57.5 Å². The average molecular weight is 242 g/mol. The Hall–Kier alpha value is -2.13. The molecule has 0 spiro atoms. The zero-order valence-electron chi connectivity index (χ0n) is 9.84. The Morgan fingerprint density at radius 2 is 1.72 bits per heavy atom. The molecule has 2 N–H and O–H groups in total. The second-order valence-corrected chi connectivity index (χ2v) is 3.98. The van der Waals surface area contributed by atoms with E-state index < -0.39 is 5.97 Å². The first-order chi connectivity index (χ1) is 8.74. The van der Waals surface area contributed by atoms with E-state index in [-0.39, 0.29) is 12.2 Å². The normalized spacial score (nSPS) is 10.3. The summed E-state index contributed by atoms with van der Waals surface area (Å²) in [6, 6.07) is 14.8. The zero-order valence-corrected chi connectivity index (χ0v) is 9.84. The van der Waals surface area contributed by atoms with E-state index in [0.717, 1.165) is 5.56 Å². The highest BCUT2D eigenvalue weighted by Crippen LogP contribution is 2.26. The van der Waals surface area contributed by atoms with Crippen LogP contribution in [0.1, 0.15) is 15.9 Å². The van der Waals surface area contributed by atoms with Crippen molar-refractivity contribution in [3.8, 4) is 11.1 Å². The third kappa shape index (κ3) is 2.41. The number of aliphatic hydroxyl groups excluding tert-OH is 1. The summed E-state index contributed by atoms with van der Waals surface area (Å²) in [5.74, 6) is -0.960. The van der Waals surface area contributed by atoms with Crippen molar-refractivity contribution in [1.82, 2.24) is 0 Å². The monoisotopic (exact) mass is 242 g/mol. The van der Waals surface area contributed by atoms with Crippen molar-refractivity contribution in [3.63, 3.8) is 0 Å². The second kappa shape index (κ2) is 5.47. The molecule has 0 bridgehead atoms. The fourth-order valence-electron chi connectivity index (χ4n) is 2.04. The first kappa shape index (κ1) is 12.3. The molecule has 0 saturated carbocycles. The first-order valence-corrected chi connectivity index (χ1v) is 5.75. The molecule has 0 fully saturated rings. The summed E-state index contributed by atoms with van der Waals surface area (Å²) in [6.07, 6.45) is 0.350. The van der Waals surface area contributed by atoms with Gasteiger partial charge in [-0.2, -0.15) is 0 Å². The number of benzene rings is 2. The molecule has 0 atom stereocenters. The van der Waals surface area contributed by atoms with Crippen LogP contribution in [-0.4, -0.2) is 22.8 Å². The smallest absolute Gasteiger partial charge is 0.336 e. The van der Waals surface area contributed by atoms with E-state index in [1.54, 1.807) is 12.1 Å². The van der Waals surface area contributed by atoms with Gasteiger partial charge in [0, 0.05) is 6.61 Å². The summed E-state index contributed by atoms with van der Waals surface area (Å²) in [5, 5.41) is 18.3. The third-order valence-electron chi connectivity index (χ3n) is 2.83. The lowest BCUT2D eigenvalue weighted by atomic mass is 9.94. The van der Waals surface area contributed by atoms with Crippen LogP contribution in [-0.2, 0) is 6.42 Å². The van der Waals surface area contributed by atoms with Crippen LogP contribution in [0.15, 0.2) is 48.5 Å². The maximum absolute atomic E-state index is 11.4. The first-order valence-electron chi connectivity index (χ1n) is 5.75. The number of carbonyl (C=O) groups is 1. The number of hydrogen-bond acceptors (Lipinski definition) is 2. The lowest BCUT2D eigenvalue weighted by Gasteiger charge is -2.11. The van der Waals surface area contributed by atoms with Gasteiger partial charge in [0.15, 0.2) is 0 Å². The van der Waals surface area contributed by atoms with Gasteiger partial charge in [-0.1, -0.05) is 48.5 Å². The average Bonchev–Trinajstić information content (AvgIpc) is 2.39. The van der Waals surface area contributed by atoms with Crippen LogP contribution in [0.25, 0.3) is 11.1 Å². The van der Waals surface area contributed by atoms with Crippen molar-refractivity contribution in [3.05, 3.63) is 59.7 Å². The Bertz CT molecular complexity index is 547. The maximum atomic E-state index is 11.4. The van der Waals surface area contributed by atoms with Crippen LogP contribution in [0, 0.1) is 0 Å². The molecule has 2 rings (SSSR count). The summed E-state index contributed by atoms with van der Waals surface area (Å²) < 4.78 is 0. The molecule has 2 aromatic rings. The van der Waals surface area contributed by atoms with E-state index in [1.165, 1.54) is 0 Å². The zero-order chi connectivity index (χ0) is 13.0. The van der Waals surface area contributed by atoms with Gasteiger partial charge in [0.1, 0.15) is 0 Å². The summed E-state index contributed by atoms with van der Waals surface area (Å²) in [5.41, 5.74) is 2.49. The van der Waals surface area contributed by atoms with Gasteiger partial charge in [0.2, 0.25) is 0 Å². The predicted molar refractivity (Wildman–Crippen MR) is 69.6 cm³/mol. The van der Waals surface area contributed by atoms with Crippen LogP contribution in [0.4, 0.5) is 0 Å². The van der Waals surface area contributed by atoms with Crippen LogP contribution in [0.5, 0.6) is 0 Å². The lowest BCUT2D eigenvalue weighted by molar-refractivity contribution is 0.0696. The molecule has 0 aliphatic carbocycles. The van der Waals surface area contributed by atoms with E-state index in [9.17, 15) is 9.90 Å². The van der Waals surface area contributed by atoms with E-state index >= 15 is 0 Å². The summed E-state index contributed by atoms with van der Waals surface area (Å²) in [6.45, 7) is -0.0570. The highest BCUT2D eigenvalue weighted by Gasteiger charge is 2.15. The van der Waals surface area contributed by atoms with Crippen LogP contribution in [0.3, 0.4) is 0 Å². The molecule has 0 amide bonds. The third-order valence-corrected chi connectivity index (χ3v) is 2.83. The molecule has 92 valence electrons. The maximum Gasteiger partial charge on any atom is 0.336 e. The molecule has 0 heterocycles. The van der Waals surface area contributed by atoms with E-state index in [0.29, 0.717) is 17.5 Å². The highest BCUT2D eigenvalue weighted by molar-refractivity contribution is 5.97. The quantitative estimate of drug-likeness (QED) is 0.866. The second-order valence-electron chi connectivity index (χ2n) is 3.98. The molecule has 2 aromatic carbocycles. The number of rotatable bonds is 4. The van der Waals surface area contributed by atoms with Crippen LogP contribution in [0.2, 0.25) is 0 Å². The number of carboxylic acids is 1. The van der Waals surface area contributed by atoms with E-state index in [1.807, 2.05) is 36.4 Å². The molecule has 18 heavy (non-hydrogen) atoms. The number of hydrogen-bond donors (Lipinski definition) is 2. The summed E-state index contributed by atoms with van der Waals surface area (Å²) >= 11 is 0. The lowest BCUT2D eigenvalue weighted by Crippen LogP contribution is -2.06. The van der Waals surface area contributed by atoms with Crippen LogP contribution >= 0.6 is 0 Å². The Balaban J connectivity index is 2.60. The minimum atomic E-state index is -0.960. The van der Waals surface area contributed by atoms with Gasteiger partial charge < -0.3 is 10.2 Å². The van der Waals surface area contributed by atoms with Crippen molar-refractivity contribution in [1.29, 1.82) is 0 Å². The molecule has 0 aromatic heterocycles. The summed E-state index contributed by atoms with van der Waals surface area (Å²) in [7, 11) is 0. The van der Waals surface area contributed by atoms with Gasteiger partial charge in [0.05, 0.1) is 5.56 Å². The van der Waals surface area contributed by atoms with Gasteiger partial charge >= 0.3 is 5.97 Å². The van der Waals surface area contributed by atoms with Crippen molar-refractivity contribution < 1.29 is 15.0 Å². The van der Waals surface area contributed by atoms with Crippen molar-refractivity contribution >= 4 is 5.97 Å². The van der Waals surface area contributed by atoms with Gasteiger partial charge in [-0.3, -0.25) is 0 Å². The van der Waals surface area contributed by atoms with Gasteiger partial charge in [-0.05, 0) is 23.1 Å². The van der Waals surface area contributed by atoms with Crippen LogP contribution < -0.4 is 0 Å². The molecular formula is C15H14O3. The van der Waals surface area contributed by atoms with Crippen molar-refractivity contribution in [2.45, 2.75) is 6.42 Å². The molecule has 0 unspecified atom stereocenters. The largest absolute Gasteiger partial charge is 0.478 e. The molecule has 0 radical (unpaired) electrons. The Kier molecular flexibility index (Phi) is 3.75. The fraction of sp³-hybridized carbons (Fsp3) is 0.133. The molecule has 0 aliphatic heterocycles.